The molecule has 1 saturated heterocycles. The Morgan fingerprint density at radius 2 is 1.93 bits per heavy atom. The molecule has 0 bridgehead atoms. The van der Waals surface area contributed by atoms with Gasteiger partial charge in [0.25, 0.3) is 5.91 Å². The molecule has 2 aliphatic rings. The van der Waals surface area contributed by atoms with E-state index in [1.165, 1.54) is 0 Å². The van der Waals surface area contributed by atoms with Gasteiger partial charge in [-0.15, -0.1) is 0 Å². The molecule has 1 amide bonds. The van der Waals surface area contributed by atoms with Crippen LogP contribution in [0.2, 0.25) is 5.04 Å². The summed E-state index contributed by atoms with van der Waals surface area (Å²) in [7, 11) is -7.33. The number of hydrogen-bond donors (Lipinski definition) is 1. The molecule has 2 atom stereocenters. The van der Waals surface area contributed by atoms with Crippen LogP contribution in [0.3, 0.4) is 0 Å². The second kappa shape index (κ2) is 6.67. The van der Waals surface area contributed by atoms with Gasteiger partial charge >= 0.3 is 21.6 Å². The molecule has 0 radical (unpaired) electrons. The maximum Gasteiger partial charge on any atom is 0.534 e. The minimum Gasteiger partial charge on any atom is -0.476 e. The molecular formula is C13H18F3NO7S2Si. The summed E-state index contributed by atoms with van der Waals surface area (Å²) in [5.74, 6) is -2.52. The standard InChI is InChI=1S/C13H18F3NO7S2Si/c1-5-12-7(24-27-11(2,3)4)8(18)17(12)6(9(19)20)10(25-12)23-26(21,22)13(14,15)16/h7H,5,27H2,1-4H3,(H,19,20)/t7?,12-/m1/s1. The molecule has 2 heterocycles. The molecule has 1 unspecified atom stereocenters. The van der Waals surface area contributed by atoms with E-state index >= 15 is 0 Å². The van der Waals surface area contributed by atoms with E-state index in [1.54, 1.807) is 6.92 Å². The highest BCUT2D eigenvalue weighted by Gasteiger charge is 2.69. The van der Waals surface area contributed by atoms with Crippen molar-refractivity contribution in [2.45, 2.75) is 55.6 Å². The second-order valence-electron chi connectivity index (χ2n) is 7.15. The highest BCUT2D eigenvalue weighted by atomic mass is 32.2. The van der Waals surface area contributed by atoms with E-state index in [4.69, 9.17) is 4.43 Å². The normalized spacial score (nSPS) is 26.6. The number of fused-ring (bicyclic) bond motifs is 1. The third-order valence-electron chi connectivity index (χ3n) is 3.78. The summed E-state index contributed by atoms with van der Waals surface area (Å²) in [5, 5.41) is 8.13. The molecule has 2 rings (SSSR count). The number of hydrogen-bond acceptors (Lipinski definition) is 7. The van der Waals surface area contributed by atoms with E-state index in [1.807, 2.05) is 20.8 Å². The number of carboxylic acid groups (broad SMARTS) is 1. The molecule has 14 heteroatoms. The van der Waals surface area contributed by atoms with Crippen LogP contribution in [-0.2, 0) is 28.3 Å². The van der Waals surface area contributed by atoms with Crippen LogP contribution in [0.1, 0.15) is 34.1 Å². The minimum atomic E-state index is -6.08. The summed E-state index contributed by atoms with van der Waals surface area (Å²) in [6.07, 6.45) is -0.968. The number of amides is 1. The quantitative estimate of drug-likeness (QED) is 0.281. The Labute approximate surface area is 160 Å². The zero-order valence-corrected chi connectivity index (χ0v) is 17.8. The number of aliphatic carboxylic acids is 1. The number of carboxylic acids is 1. The summed E-state index contributed by atoms with van der Waals surface area (Å²) in [5.41, 5.74) is -6.67. The molecule has 8 nitrogen and oxygen atoms in total. The van der Waals surface area contributed by atoms with E-state index in [-0.39, 0.29) is 11.5 Å². The van der Waals surface area contributed by atoms with Gasteiger partial charge in [0, 0.05) is 0 Å². The van der Waals surface area contributed by atoms with Crippen molar-refractivity contribution in [3.63, 3.8) is 0 Å². The van der Waals surface area contributed by atoms with Gasteiger partial charge in [0.1, 0.15) is 4.87 Å². The van der Waals surface area contributed by atoms with E-state index in [0.29, 0.717) is 11.8 Å². The first-order valence-corrected chi connectivity index (χ1v) is 11.2. The average Bonchev–Trinajstić information content (AvgIpc) is 2.75. The topological polar surface area (TPSA) is 110 Å². The van der Waals surface area contributed by atoms with Crippen LogP contribution in [-0.4, -0.2) is 56.5 Å². The minimum absolute atomic E-state index is 0.113. The fourth-order valence-electron chi connectivity index (χ4n) is 2.58. The van der Waals surface area contributed by atoms with Crippen LogP contribution in [0.15, 0.2) is 10.8 Å². The number of carbonyl (C=O) groups excluding carboxylic acids is 1. The first-order valence-electron chi connectivity index (χ1n) is 7.70. The molecule has 2 aliphatic heterocycles. The molecule has 154 valence electrons. The summed E-state index contributed by atoms with van der Waals surface area (Å²) < 4.78 is 70.2. The summed E-state index contributed by atoms with van der Waals surface area (Å²) >= 11 is 0.449. The van der Waals surface area contributed by atoms with Crippen molar-refractivity contribution in [3.8, 4) is 0 Å². The van der Waals surface area contributed by atoms with Gasteiger partial charge in [-0.1, -0.05) is 39.5 Å². The molecule has 1 N–H and O–H groups in total. The van der Waals surface area contributed by atoms with E-state index in [2.05, 4.69) is 4.18 Å². The van der Waals surface area contributed by atoms with Crippen LogP contribution in [0, 0.1) is 0 Å². The number of nitrogens with zero attached hydrogens (tertiary/aromatic N) is 1. The Kier molecular flexibility index (Phi) is 5.44. The predicted molar refractivity (Wildman–Crippen MR) is 91.3 cm³/mol. The molecule has 1 fully saturated rings. The van der Waals surface area contributed by atoms with Gasteiger partial charge in [-0.25, -0.2) is 4.79 Å². The van der Waals surface area contributed by atoms with Crippen LogP contribution in [0.25, 0.3) is 0 Å². The smallest absolute Gasteiger partial charge is 0.476 e. The van der Waals surface area contributed by atoms with Crippen molar-refractivity contribution in [2.75, 3.05) is 0 Å². The van der Waals surface area contributed by atoms with Crippen molar-refractivity contribution in [1.82, 2.24) is 4.90 Å². The fourth-order valence-corrected chi connectivity index (χ4v) is 5.86. The fraction of sp³-hybridized carbons (Fsp3) is 0.692. The van der Waals surface area contributed by atoms with E-state index in [9.17, 15) is 36.3 Å². The number of alkyl halides is 3. The van der Waals surface area contributed by atoms with Crippen molar-refractivity contribution >= 4 is 43.5 Å². The number of halogens is 3. The first-order chi connectivity index (χ1) is 12.1. The molecular weight excluding hydrogens is 431 g/mol. The molecule has 0 aromatic heterocycles. The summed E-state index contributed by atoms with van der Waals surface area (Å²) in [6, 6.07) is 0. The lowest BCUT2D eigenvalue weighted by Gasteiger charge is -2.52. The Hall–Kier alpha value is -1.25. The largest absolute Gasteiger partial charge is 0.534 e. The molecule has 0 aromatic rings. The Balaban J connectivity index is 2.39. The maximum absolute atomic E-state index is 12.6. The molecule has 0 aromatic carbocycles. The van der Waals surface area contributed by atoms with Crippen LogP contribution < -0.4 is 0 Å². The molecule has 0 spiro atoms. The van der Waals surface area contributed by atoms with Gasteiger partial charge in [0.05, 0.1) is 0 Å². The number of rotatable bonds is 6. The van der Waals surface area contributed by atoms with Gasteiger partial charge in [-0.3, -0.25) is 9.69 Å². The first kappa shape index (κ1) is 22.0. The van der Waals surface area contributed by atoms with Crippen molar-refractivity contribution in [3.05, 3.63) is 10.8 Å². The van der Waals surface area contributed by atoms with Gasteiger partial charge in [-0.2, -0.15) is 21.6 Å². The number of carbonyl (C=O) groups is 2. The SMILES string of the molecule is CC[C@]12SC(OS(=O)(=O)C(F)(F)F)=C(C(=O)O)N1C(=O)C2O[SiH2]C(C)(C)C. The lowest BCUT2D eigenvalue weighted by Crippen LogP contribution is -2.71. The van der Waals surface area contributed by atoms with Crippen molar-refractivity contribution in [2.24, 2.45) is 0 Å². The van der Waals surface area contributed by atoms with Gasteiger partial charge < -0.3 is 13.7 Å². The van der Waals surface area contributed by atoms with Gasteiger partial charge in [0.15, 0.2) is 21.6 Å². The summed E-state index contributed by atoms with van der Waals surface area (Å²) in [6.45, 7) is 7.27. The van der Waals surface area contributed by atoms with Crippen LogP contribution in [0.4, 0.5) is 13.2 Å². The lowest BCUT2D eigenvalue weighted by molar-refractivity contribution is -0.166. The molecule has 27 heavy (non-hydrogen) atoms. The summed E-state index contributed by atoms with van der Waals surface area (Å²) in [4.78, 5) is 23.3. The average molecular weight is 450 g/mol. The molecule has 0 aliphatic carbocycles. The number of thioether (sulfide) groups is 1. The molecule has 0 saturated carbocycles. The van der Waals surface area contributed by atoms with Crippen LogP contribution >= 0.6 is 11.8 Å². The number of β-lactam (4-membered cyclic amide) rings is 1. The van der Waals surface area contributed by atoms with E-state index in [0.717, 1.165) is 4.90 Å². The Bertz CT molecular complexity index is 806. The van der Waals surface area contributed by atoms with E-state index < -0.39 is 59.0 Å². The zero-order valence-electron chi connectivity index (χ0n) is 14.8. The monoisotopic (exact) mass is 449 g/mol. The second-order valence-corrected chi connectivity index (χ2v) is 12.7. The Morgan fingerprint density at radius 3 is 2.33 bits per heavy atom. The highest BCUT2D eigenvalue weighted by Crippen LogP contribution is 2.58. The van der Waals surface area contributed by atoms with Crippen LogP contribution in [0.5, 0.6) is 0 Å². The Morgan fingerprint density at radius 1 is 1.37 bits per heavy atom. The third kappa shape index (κ3) is 3.71. The lowest BCUT2D eigenvalue weighted by atomic mass is 9.94. The maximum atomic E-state index is 12.6. The third-order valence-corrected chi connectivity index (χ3v) is 7.71. The van der Waals surface area contributed by atoms with Gasteiger partial charge in [-0.05, 0) is 11.5 Å². The van der Waals surface area contributed by atoms with Gasteiger partial charge in [0.2, 0.25) is 5.09 Å². The zero-order chi connectivity index (χ0) is 21.0. The highest BCUT2D eigenvalue weighted by molar-refractivity contribution is 8.05. The van der Waals surface area contributed by atoms with Crippen molar-refractivity contribution < 1.29 is 44.9 Å². The predicted octanol–water partition coefficient (Wildman–Crippen LogP) is 1.49. The van der Waals surface area contributed by atoms with Crippen molar-refractivity contribution in [1.29, 1.82) is 0 Å².